The van der Waals surface area contributed by atoms with Gasteiger partial charge < -0.3 is 10.5 Å². The van der Waals surface area contributed by atoms with E-state index in [0.717, 1.165) is 16.8 Å². The Morgan fingerprint density at radius 3 is 2.84 bits per heavy atom. The van der Waals surface area contributed by atoms with E-state index in [2.05, 4.69) is 4.98 Å². The van der Waals surface area contributed by atoms with Crippen molar-refractivity contribution in [3.05, 3.63) is 58.4 Å². The van der Waals surface area contributed by atoms with Gasteiger partial charge in [0.2, 0.25) is 0 Å². The van der Waals surface area contributed by atoms with Crippen LogP contribution in [0.4, 0.5) is 0 Å². The van der Waals surface area contributed by atoms with Gasteiger partial charge in [-0.05, 0) is 36.8 Å². The highest BCUT2D eigenvalue weighted by Gasteiger charge is 2.06. The lowest BCUT2D eigenvalue weighted by atomic mass is 10.2. The second kappa shape index (κ2) is 5.99. The van der Waals surface area contributed by atoms with Crippen LogP contribution in [0.5, 0.6) is 5.75 Å². The van der Waals surface area contributed by atoms with Crippen molar-refractivity contribution in [3.63, 3.8) is 0 Å². The Morgan fingerprint density at radius 1 is 1.42 bits per heavy atom. The Balaban J connectivity index is 2.12. The van der Waals surface area contributed by atoms with E-state index in [9.17, 15) is 0 Å². The molecular formula is C14H13ClN2OS. The van der Waals surface area contributed by atoms with Gasteiger partial charge in [-0.1, -0.05) is 29.9 Å². The monoisotopic (exact) mass is 292 g/mol. The van der Waals surface area contributed by atoms with Crippen LogP contribution in [0.2, 0.25) is 5.02 Å². The van der Waals surface area contributed by atoms with Crippen LogP contribution < -0.4 is 10.5 Å². The number of hydrogen-bond donors (Lipinski definition) is 1. The first-order valence-corrected chi connectivity index (χ1v) is 6.49. The van der Waals surface area contributed by atoms with E-state index >= 15 is 0 Å². The average molecular weight is 293 g/mol. The van der Waals surface area contributed by atoms with Crippen LogP contribution in [0, 0.1) is 6.92 Å². The van der Waals surface area contributed by atoms with Gasteiger partial charge in [-0.15, -0.1) is 0 Å². The van der Waals surface area contributed by atoms with Crippen LogP contribution >= 0.6 is 23.8 Å². The van der Waals surface area contributed by atoms with E-state index < -0.39 is 0 Å². The zero-order valence-electron chi connectivity index (χ0n) is 10.4. The number of hydrogen-bond acceptors (Lipinski definition) is 3. The normalized spacial score (nSPS) is 10.2. The second-order valence-corrected chi connectivity index (χ2v) is 4.91. The minimum atomic E-state index is 0.314. The first kappa shape index (κ1) is 13.8. The van der Waals surface area contributed by atoms with E-state index in [4.69, 9.17) is 34.3 Å². The Bertz CT molecular complexity index is 616. The van der Waals surface area contributed by atoms with Crippen LogP contribution in [-0.2, 0) is 6.61 Å². The third-order valence-corrected chi connectivity index (χ3v) is 3.23. The summed E-state index contributed by atoms with van der Waals surface area (Å²) in [6.45, 7) is 2.36. The van der Waals surface area contributed by atoms with Crippen molar-refractivity contribution in [2.75, 3.05) is 0 Å². The van der Waals surface area contributed by atoms with Crippen molar-refractivity contribution < 1.29 is 4.74 Å². The van der Waals surface area contributed by atoms with E-state index in [-0.39, 0.29) is 0 Å². The number of thiocarbonyl (C=S) groups is 1. The maximum absolute atomic E-state index is 6.12. The molecule has 1 heterocycles. The standard InChI is InChI=1S/C14H13ClN2OS/c1-9-3-2-6-17-12(9)8-18-13-5-4-10(14(16)19)7-11(13)15/h2-7H,8H2,1H3,(H2,16,19). The first-order chi connectivity index (χ1) is 9.08. The fourth-order valence-corrected chi connectivity index (χ4v) is 1.95. The van der Waals surface area contributed by atoms with Crippen LogP contribution in [-0.4, -0.2) is 9.97 Å². The lowest BCUT2D eigenvalue weighted by Crippen LogP contribution is -2.09. The van der Waals surface area contributed by atoms with E-state index in [0.29, 0.717) is 22.4 Å². The highest BCUT2D eigenvalue weighted by molar-refractivity contribution is 7.80. The Morgan fingerprint density at radius 2 is 2.21 bits per heavy atom. The Labute approximate surface area is 122 Å². The van der Waals surface area contributed by atoms with Crippen LogP contribution in [0.1, 0.15) is 16.8 Å². The van der Waals surface area contributed by atoms with Crippen molar-refractivity contribution in [1.82, 2.24) is 4.98 Å². The van der Waals surface area contributed by atoms with Gasteiger partial charge in [0.1, 0.15) is 17.3 Å². The van der Waals surface area contributed by atoms with Gasteiger partial charge in [0.25, 0.3) is 0 Å². The molecule has 0 saturated carbocycles. The maximum Gasteiger partial charge on any atom is 0.138 e. The summed E-state index contributed by atoms with van der Waals surface area (Å²) >= 11 is 11.0. The summed E-state index contributed by atoms with van der Waals surface area (Å²) in [5, 5.41) is 0.485. The number of benzene rings is 1. The number of ether oxygens (including phenoxy) is 1. The lowest BCUT2D eigenvalue weighted by Gasteiger charge is -2.10. The molecule has 0 spiro atoms. The predicted octanol–water partition coefficient (Wildman–Crippen LogP) is 3.26. The Kier molecular flexibility index (Phi) is 4.35. The van der Waals surface area contributed by atoms with E-state index in [1.807, 2.05) is 19.1 Å². The van der Waals surface area contributed by atoms with Gasteiger partial charge in [-0.3, -0.25) is 4.98 Å². The molecule has 0 bridgehead atoms. The topological polar surface area (TPSA) is 48.1 Å². The third-order valence-electron chi connectivity index (χ3n) is 2.70. The molecule has 0 amide bonds. The summed E-state index contributed by atoms with van der Waals surface area (Å²) in [4.78, 5) is 4.57. The molecule has 0 saturated heterocycles. The highest BCUT2D eigenvalue weighted by atomic mass is 35.5. The molecule has 98 valence electrons. The molecule has 0 radical (unpaired) electrons. The largest absolute Gasteiger partial charge is 0.486 e. The van der Waals surface area contributed by atoms with Gasteiger partial charge >= 0.3 is 0 Å². The summed E-state index contributed by atoms with van der Waals surface area (Å²) in [6, 6.07) is 9.13. The zero-order valence-corrected chi connectivity index (χ0v) is 12.0. The van der Waals surface area contributed by atoms with E-state index in [1.54, 1.807) is 24.4 Å². The molecule has 0 aliphatic carbocycles. The lowest BCUT2D eigenvalue weighted by molar-refractivity contribution is 0.300. The van der Waals surface area contributed by atoms with Crippen molar-refractivity contribution in [3.8, 4) is 5.75 Å². The quantitative estimate of drug-likeness (QED) is 0.879. The summed E-state index contributed by atoms with van der Waals surface area (Å²) in [5.41, 5.74) is 8.23. The van der Waals surface area contributed by atoms with Gasteiger partial charge in [0.05, 0.1) is 10.7 Å². The molecule has 19 heavy (non-hydrogen) atoms. The minimum absolute atomic E-state index is 0.314. The first-order valence-electron chi connectivity index (χ1n) is 5.70. The molecule has 1 aromatic heterocycles. The third kappa shape index (κ3) is 3.43. The second-order valence-electron chi connectivity index (χ2n) is 4.07. The van der Waals surface area contributed by atoms with Gasteiger partial charge in [0.15, 0.2) is 0 Å². The molecule has 0 atom stereocenters. The fraction of sp³-hybridized carbons (Fsp3) is 0.143. The number of halogens is 1. The van der Waals surface area contributed by atoms with Crippen LogP contribution in [0.15, 0.2) is 36.5 Å². The summed E-state index contributed by atoms with van der Waals surface area (Å²) in [6.07, 6.45) is 1.74. The summed E-state index contributed by atoms with van der Waals surface area (Å²) in [7, 11) is 0. The summed E-state index contributed by atoms with van der Waals surface area (Å²) in [5.74, 6) is 0.590. The molecule has 0 aliphatic rings. The number of pyridine rings is 1. The van der Waals surface area contributed by atoms with Crippen molar-refractivity contribution in [2.45, 2.75) is 13.5 Å². The van der Waals surface area contributed by atoms with Crippen molar-refractivity contribution in [1.29, 1.82) is 0 Å². The van der Waals surface area contributed by atoms with Gasteiger partial charge in [-0.25, -0.2) is 0 Å². The van der Waals surface area contributed by atoms with Crippen LogP contribution in [0.25, 0.3) is 0 Å². The molecule has 0 fully saturated rings. The molecule has 3 nitrogen and oxygen atoms in total. The number of aromatic nitrogens is 1. The molecule has 0 unspecified atom stereocenters. The average Bonchev–Trinajstić information content (AvgIpc) is 2.39. The Hall–Kier alpha value is -1.65. The molecule has 0 aliphatic heterocycles. The minimum Gasteiger partial charge on any atom is -0.486 e. The maximum atomic E-state index is 6.12. The number of rotatable bonds is 4. The molecule has 2 rings (SSSR count). The van der Waals surface area contributed by atoms with Crippen molar-refractivity contribution >= 4 is 28.8 Å². The van der Waals surface area contributed by atoms with Gasteiger partial charge in [0, 0.05) is 11.8 Å². The number of nitrogens with two attached hydrogens (primary N) is 1. The molecule has 2 N–H and O–H groups in total. The SMILES string of the molecule is Cc1cccnc1COc1ccc(C(N)=S)cc1Cl. The molecular weight excluding hydrogens is 280 g/mol. The van der Waals surface area contributed by atoms with Crippen molar-refractivity contribution in [2.24, 2.45) is 5.73 Å². The smallest absolute Gasteiger partial charge is 0.138 e. The highest BCUT2D eigenvalue weighted by Crippen LogP contribution is 2.26. The fourth-order valence-electron chi connectivity index (χ4n) is 1.59. The molecule has 2 aromatic rings. The van der Waals surface area contributed by atoms with Crippen LogP contribution in [0.3, 0.4) is 0 Å². The van der Waals surface area contributed by atoms with E-state index in [1.165, 1.54) is 0 Å². The molecule has 1 aromatic carbocycles. The summed E-state index contributed by atoms with van der Waals surface area (Å²) < 4.78 is 5.66. The zero-order chi connectivity index (χ0) is 13.8. The number of nitrogens with zero attached hydrogens (tertiary/aromatic N) is 1. The van der Waals surface area contributed by atoms with Gasteiger partial charge in [-0.2, -0.15) is 0 Å². The molecule has 5 heteroatoms. The number of aryl methyl sites for hydroxylation is 1. The predicted molar refractivity (Wildman–Crippen MR) is 80.6 cm³/mol.